The predicted octanol–water partition coefficient (Wildman–Crippen LogP) is 1.83. The van der Waals surface area contributed by atoms with Crippen molar-refractivity contribution in [2.24, 2.45) is 5.92 Å². The minimum absolute atomic E-state index is 0.0880. The van der Waals surface area contributed by atoms with Crippen LogP contribution in [-0.2, 0) is 14.3 Å². The van der Waals surface area contributed by atoms with Crippen LogP contribution in [0.15, 0.2) is 55.1 Å². The number of hydrogen-bond acceptors (Lipinski definition) is 5. The molecule has 1 heterocycles. The van der Waals surface area contributed by atoms with Crippen LogP contribution in [-0.4, -0.2) is 55.5 Å². The molecule has 1 saturated heterocycles. The molecule has 2 aromatic carbocycles. The molecule has 1 aliphatic carbocycles. The number of fused-ring (bicyclic) bond motifs is 1. The second-order valence-corrected chi connectivity index (χ2v) is 8.14. The predicted molar refractivity (Wildman–Crippen MR) is 118 cm³/mol. The summed E-state index contributed by atoms with van der Waals surface area (Å²) in [6.45, 7) is 6.46. The van der Waals surface area contributed by atoms with E-state index in [4.69, 9.17) is 9.47 Å². The molecule has 0 radical (unpaired) electrons. The van der Waals surface area contributed by atoms with Crippen molar-refractivity contribution in [3.8, 4) is 5.75 Å². The lowest BCUT2D eigenvalue weighted by Crippen LogP contribution is -2.52. The van der Waals surface area contributed by atoms with E-state index in [0.717, 1.165) is 16.5 Å². The van der Waals surface area contributed by atoms with E-state index in [2.05, 4.69) is 24.0 Å². The zero-order valence-corrected chi connectivity index (χ0v) is 17.5. The molecule has 2 aromatic rings. The average molecular weight is 406 g/mol. The topological polar surface area (TPSA) is 67.9 Å². The summed E-state index contributed by atoms with van der Waals surface area (Å²) in [6, 6.07) is 13.7. The number of amides is 1. The molecule has 4 atom stereocenters. The molecule has 0 spiro atoms. The Bertz CT molecular complexity index is 975. The van der Waals surface area contributed by atoms with Gasteiger partial charge in [0.25, 0.3) is 0 Å². The summed E-state index contributed by atoms with van der Waals surface area (Å²) in [5.41, 5.74) is -0.968. The summed E-state index contributed by atoms with van der Waals surface area (Å²) in [4.78, 5) is 27.5. The van der Waals surface area contributed by atoms with E-state index in [9.17, 15) is 9.59 Å². The summed E-state index contributed by atoms with van der Waals surface area (Å²) in [6.07, 6.45) is 2.70. The summed E-state index contributed by atoms with van der Waals surface area (Å²) in [5.74, 6) is 0.186. The summed E-state index contributed by atoms with van der Waals surface area (Å²) in [5, 5.41) is 5.14. The quantitative estimate of drug-likeness (QED) is 0.432. The maximum absolute atomic E-state index is 13.0. The van der Waals surface area contributed by atoms with Crippen LogP contribution in [0, 0.1) is 5.92 Å². The molecule has 1 saturated carbocycles. The first kappa shape index (κ1) is 20.5. The third-order valence-corrected chi connectivity index (χ3v) is 6.14. The monoisotopic (exact) mass is 406 g/mol. The molecule has 1 N–H and O–H groups in total. The Balaban J connectivity index is 1.44. The molecule has 0 aromatic heterocycles. The van der Waals surface area contributed by atoms with Crippen molar-refractivity contribution in [3.63, 3.8) is 0 Å². The summed E-state index contributed by atoms with van der Waals surface area (Å²) < 4.78 is 11.5. The maximum atomic E-state index is 13.0. The number of esters is 1. The first-order chi connectivity index (χ1) is 14.5. The van der Waals surface area contributed by atoms with Gasteiger partial charge in [-0.3, -0.25) is 4.79 Å². The fourth-order valence-corrected chi connectivity index (χ4v) is 4.39. The number of rotatable bonds is 7. The van der Waals surface area contributed by atoms with Crippen molar-refractivity contribution in [1.82, 2.24) is 10.1 Å². The van der Waals surface area contributed by atoms with Crippen LogP contribution in [0.5, 0.6) is 5.75 Å². The molecule has 0 bridgehead atoms. The Morgan fingerprint density at radius 2 is 2.07 bits per heavy atom. The van der Waals surface area contributed by atoms with Crippen LogP contribution < -0.4 is 10.1 Å². The van der Waals surface area contributed by atoms with Crippen molar-refractivity contribution < 1.29 is 19.1 Å². The number of benzene rings is 2. The highest BCUT2D eigenvalue weighted by Gasteiger charge is 2.61. The van der Waals surface area contributed by atoms with E-state index in [1.807, 2.05) is 43.1 Å². The first-order valence-corrected chi connectivity index (χ1v) is 10.4. The van der Waals surface area contributed by atoms with Gasteiger partial charge in [-0.25, -0.2) is 4.79 Å². The fourth-order valence-electron chi connectivity index (χ4n) is 4.39. The van der Waals surface area contributed by atoms with E-state index in [1.165, 1.54) is 0 Å². The number of carbonyl (C=O) groups excluding carboxylic acids is 2. The Labute approximate surface area is 177 Å². The molecule has 6 nitrogen and oxygen atoms in total. The highest BCUT2D eigenvalue weighted by atomic mass is 16.5. The largest absolute Gasteiger partial charge is 0.488 e. The van der Waals surface area contributed by atoms with Gasteiger partial charge in [-0.1, -0.05) is 42.5 Å². The third-order valence-electron chi connectivity index (χ3n) is 6.14. The summed E-state index contributed by atoms with van der Waals surface area (Å²) >= 11 is 0. The third kappa shape index (κ3) is 3.70. The lowest BCUT2D eigenvalue weighted by Gasteiger charge is -2.23. The molecule has 0 unspecified atom stereocenters. The second kappa shape index (κ2) is 8.15. The van der Waals surface area contributed by atoms with Gasteiger partial charge < -0.3 is 19.6 Å². The highest BCUT2D eigenvalue weighted by Crippen LogP contribution is 2.45. The molecule has 30 heavy (non-hydrogen) atoms. The van der Waals surface area contributed by atoms with Crippen molar-refractivity contribution in [1.29, 1.82) is 0 Å². The van der Waals surface area contributed by atoms with E-state index < -0.39 is 5.54 Å². The Morgan fingerprint density at radius 3 is 2.80 bits per heavy atom. The van der Waals surface area contributed by atoms with Crippen LogP contribution in [0.4, 0.5) is 0 Å². The van der Waals surface area contributed by atoms with Crippen LogP contribution in [0.25, 0.3) is 10.8 Å². The number of nitrogens with one attached hydrogen (secondary N) is 1. The van der Waals surface area contributed by atoms with Gasteiger partial charge in [-0.15, -0.1) is 6.58 Å². The number of carbonyl (C=O) groups is 2. The first-order valence-electron chi connectivity index (χ1n) is 10.4. The normalized spacial score (nSPS) is 28.1. The molecule has 1 amide bonds. The Morgan fingerprint density at radius 1 is 1.30 bits per heavy atom. The van der Waals surface area contributed by atoms with Gasteiger partial charge in [0, 0.05) is 24.3 Å². The molecule has 2 fully saturated rings. The lowest BCUT2D eigenvalue weighted by atomic mass is 10.1. The van der Waals surface area contributed by atoms with Crippen molar-refractivity contribution in [3.05, 3.63) is 55.1 Å². The van der Waals surface area contributed by atoms with Crippen LogP contribution in [0.3, 0.4) is 0 Å². The van der Waals surface area contributed by atoms with Crippen LogP contribution in [0.2, 0.25) is 0 Å². The van der Waals surface area contributed by atoms with Gasteiger partial charge in [0.05, 0.1) is 12.6 Å². The standard InChI is InChI=1S/C23H27BN2O4/c1-3-16-13-23(16,22(28)29-4-2)25-21(27)19-12-17(14-26(19)24)30-20-11-7-9-15-8-5-6-10-18(15)20/h3,5-11,16-17,19H,1,4,12-14,24H2,2H3,(H,25,27)/t16-,17-,19+,23-/m1/s1. The number of ether oxygens (including phenoxy) is 2. The minimum Gasteiger partial charge on any atom is -0.488 e. The molecule has 7 heteroatoms. The van der Waals surface area contributed by atoms with E-state index >= 15 is 0 Å². The molecule has 156 valence electrons. The van der Waals surface area contributed by atoms with Gasteiger partial charge in [0.1, 0.15) is 17.4 Å². The maximum Gasteiger partial charge on any atom is 0.332 e. The van der Waals surface area contributed by atoms with Crippen molar-refractivity contribution in [2.45, 2.75) is 37.5 Å². The lowest BCUT2D eigenvalue weighted by molar-refractivity contribution is -0.149. The highest BCUT2D eigenvalue weighted by molar-refractivity contribution is 6.07. The molecule has 1 aliphatic heterocycles. The minimum atomic E-state index is -0.968. The van der Waals surface area contributed by atoms with Gasteiger partial charge in [-0.05, 0) is 24.8 Å². The molecular formula is C23H27BN2O4. The van der Waals surface area contributed by atoms with Gasteiger partial charge in [0.15, 0.2) is 7.98 Å². The fraction of sp³-hybridized carbons (Fsp3) is 0.391. The second-order valence-electron chi connectivity index (χ2n) is 8.14. The van der Waals surface area contributed by atoms with Gasteiger partial charge >= 0.3 is 5.97 Å². The Hall–Kier alpha value is -2.80. The van der Waals surface area contributed by atoms with Crippen molar-refractivity contribution in [2.75, 3.05) is 13.2 Å². The smallest absolute Gasteiger partial charge is 0.332 e. The molecule has 4 rings (SSSR count). The zero-order chi connectivity index (χ0) is 21.3. The van der Waals surface area contributed by atoms with E-state index in [0.29, 0.717) is 19.4 Å². The number of hydrogen-bond donors (Lipinski definition) is 1. The molecular weight excluding hydrogens is 379 g/mol. The van der Waals surface area contributed by atoms with Gasteiger partial charge in [-0.2, -0.15) is 0 Å². The van der Waals surface area contributed by atoms with E-state index in [-0.39, 0.29) is 36.5 Å². The zero-order valence-electron chi connectivity index (χ0n) is 17.5. The summed E-state index contributed by atoms with van der Waals surface area (Å²) in [7, 11) is 1.91. The van der Waals surface area contributed by atoms with Crippen LogP contribution in [0.1, 0.15) is 19.8 Å². The number of nitrogens with zero attached hydrogens (tertiary/aromatic N) is 1. The van der Waals surface area contributed by atoms with Gasteiger partial charge in [0.2, 0.25) is 5.91 Å². The van der Waals surface area contributed by atoms with Crippen molar-refractivity contribution >= 4 is 30.6 Å². The van der Waals surface area contributed by atoms with Crippen LogP contribution >= 0.6 is 0 Å². The SMILES string of the molecule is BN1C[C@H](Oc2cccc3ccccc23)C[C@H]1C(=O)N[C@]1(C(=O)OCC)C[C@H]1C=C. The molecule has 2 aliphatic rings. The average Bonchev–Trinajstić information content (AvgIpc) is 3.34. The van der Waals surface area contributed by atoms with E-state index in [1.54, 1.807) is 13.0 Å². The Kier molecular flexibility index (Phi) is 5.56.